The number of nitrogens with two attached hydrogens (primary N) is 1. The van der Waals surface area contributed by atoms with Crippen molar-refractivity contribution in [2.75, 3.05) is 0 Å². The summed E-state index contributed by atoms with van der Waals surface area (Å²) in [6.45, 7) is 2.16. The molecule has 0 saturated heterocycles. The Labute approximate surface area is 297 Å². The van der Waals surface area contributed by atoms with Gasteiger partial charge in [0.15, 0.2) is 0 Å². The van der Waals surface area contributed by atoms with E-state index in [0.29, 0.717) is 0 Å². The first-order valence-electron chi connectivity index (χ1n) is 17.4. The molecule has 0 amide bonds. The molecule has 3 heteroatoms. The van der Waals surface area contributed by atoms with E-state index in [1.165, 1.54) is 54.7 Å². The summed E-state index contributed by atoms with van der Waals surface area (Å²) in [6.07, 6.45) is 3.60. The predicted molar refractivity (Wildman–Crippen MR) is 216 cm³/mol. The number of aromatic nitrogens is 2. The van der Waals surface area contributed by atoms with Crippen LogP contribution in [0.3, 0.4) is 0 Å². The van der Waals surface area contributed by atoms with Crippen LogP contribution in [-0.4, -0.2) is 9.55 Å². The summed E-state index contributed by atoms with van der Waals surface area (Å²) in [5.74, 6) is 0. The van der Waals surface area contributed by atoms with Crippen LogP contribution in [0.2, 0.25) is 0 Å². The summed E-state index contributed by atoms with van der Waals surface area (Å²) in [6, 6.07) is 60.6. The van der Waals surface area contributed by atoms with Gasteiger partial charge in [0.25, 0.3) is 0 Å². The minimum atomic E-state index is 0.934. The highest BCUT2D eigenvalue weighted by Crippen LogP contribution is 2.44. The Hall–Kier alpha value is -6.71. The lowest BCUT2D eigenvalue weighted by atomic mass is 9.85. The molecule has 0 radical (unpaired) electrons. The Kier molecular flexibility index (Phi) is 7.52. The second-order valence-corrected chi connectivity index (χ2v) is 13.0. The fourth-order valence-electron chi connectivity index (χ4n) is 7.70. The molecule has 0 atom stereocenters. The van der Waals surface area contributed by atoms with Crippen LogP contribution in [0.4, 0.5) is 0 Å². The van der Waals surface area contributed by atoms with Crippen molar-refractivity contribution in [3.8, 4) is 50.5 Å². The number of fused-ring (bicyclic) bond motifs is 3. The molecule has 0 aliphatic heterocycles. The summed E-state index contributed by atoms with van der Waals surface area (Å²) in [5, 5.41) is 6.10. The minimum absolute atomic E-state index is 0.934. The molecule has 7 aromatic carbocycles. The van der Waals surface area contributed by atoms with Crippen LogP contribution in [0.5, 0.6) is 0 Å². The van der Waals surface area contributed by atoms with E-state index < -0.39 is 0 Å². The topological polar surface area (TPSA) is 43.8 Å². The van der Waals surface area contributed by atoms with Gasteiger partial charge in [-0.2, -0.15) is 0 Å². The van der Waals surface area contributed by atoms with Crippen LogP contribution in [0, 0.1) is 6.92 Å². The van der Waals surface area contributed by atoms with Crippen molar-refractivity contribution in [3.05, 3.63) is 187 Å². The van der Waals surface area contributed by atoms with Gasteiger partial charge in [0.1, 0.15) is 0 Å². The van der Waals surface area contributed by atoms with Gasteiger partial charge in [-0.1, -0.05) is 127 Å². The Bertz CT molecular complexity index is 2740. The average molecular weight is 654 g/mol. The number of hydrogen-bond donors (Lipinski definition) is 1. The molecule has 0 spiro atoms. The lowest BCUT2D eigenvalue weighted by Gasteiger charge is -2.18. The van der Waals surface area contributed by atoms with Crippen molar-refractivity contribution in [1.82, 2.24) is 9.55 Å². The quantitative estimate of drug-likeness (QED) is 0.182. The summed E-state index contributed by atoms with van der Waals surface area (Å²) in [7, 11) is 0. The maximum atomic E-state index is 5.93. The molecule has 9 aromatic rings. The zero-order valence-electron chi connectivity index (χ0n) is 28.3. The summed E-state index contributed by atoms with van der Waals surface area (Å²) in [4.78, 5) is 5.28. The van der Waals surface area contributed by atoms with Gasteiger partial charge in [-0.25, -0.2) is 4.98 Å². The van der Waals surface area contributed by atoms with E-state index in [1.54, 1.807) is 6.20 Å². The van der Waals surface area contributed by atoms with Gasteiger partial charge >= 0.3 is 0 Å². The van der Waals surface area contributed by atoms with Crippen LogP contribution < -0.4 is 5.73 Å². The van der Waals surface area contributed by atoms with Crippen molar-refractivity contribution in [1.29, 1.82) is 0 Å². The van der Waals surface area contributed by atoms with Gasteiger partial charge in [-0.05, 0) is 111 Å². The Morgan fingerprint density at radius 3 is 1.59 bits per heavy atom. The number of hydrogen-bond acceptors (Lipinski definition) is 2. The Balaban J connectivity index is 1.23. The normalized spacial score (nSPS) is 11.6. The second-order valence-electron chi connectivity index (χ2n) is 13.0. The van der Waals surface area contributed by atoms with Crippen molar-refractivity contribution in [3.63, 3.8) is 0 Å². The molecule has 9 rings (SSSR count). The van der Waals surface area contributed by atoms with E-state index in [-0.39, 0.29) is 0 Å². The molecular formula is C48H35N3. The fourth-order valence-corrected chi connectivity index (χ4v) is 7.70. The van der Waals surface area contributed by atoms with Gasteiger partial charge in [-0.15, -0.1) is 0 Å². The standard InChI is InChI=1S/C48H35N3/c1-32-41-30-36(25-27-46(41)51(45(32)28-29-49)37-18-9-4-10-19-37)44-23-13-22-43(50-44)35-24-26-40-42(31-35)48(34-16-7-3-8-17-34)39-21-12-11-20-38(39)47(40)33-14-5-2-6-15-33/h2-31H,49H2,1H3/b29-28-. The van der Waals surface area contributed by atoms with Crippen molar-refractivity contribution in [2.45, 2.75) is 6.92 Å². The van der Waals surface area contributed by atoms with Crippen molar-refractivity contribution in [2.24, 2.45) is 5.73 Å². The molecule has 0 bridgehead atoms. The van der Waals surface area contributed by atoms with E-state index in [9.17, 15) is 0 Å². The molecule has 2 N–H and O–H groups in total. The summed E-state index contributed by atoms with van der Waals surface area (Å²) < 4.78 is 2.27. The summed E-state index contributed by atoms with van der Waals surface area (Å²) >= 11 is 0. The number of nitrogens with zero attached hydrogens (tertiary/aromatic N) is 2. The number of benzene rings is 7. The van der Waals surface area contributed by atoms with Crippen molar-refractivity contribution >= 4 is 38.5 Å². The van der Waals surface area contributed by atoms with E-state index >= 15 is 0 Å². The van der Waals surface area contributed by atoms with Gasteiger partial charge in [0.2, 0.25) is 0 Å². The van der Waals surface area contributed by atoms with Crippen LogP contribution in [-0.2, 0) is 0 Å². The molecule has 0 fully saturated rings. The third-order valence-corrected chi connectivity index (χ3v) is 10.0. The predicted octanol–water partition coefficient (Wildman–Crippen LogP) is 12.2. The molecule has 51 heavy (non-hydrogen) atoms. The van der Waals surface area contributed by atoms with Gasteiger partial charge in [-0.3, -0.25) is 0 Å². The molecule has 0 aliphatic rings. The maximum Gasteiger partial charge on any atom is 0.0709 e. The van der Waals surface area contributed by atoms with Crippen LogP contribution >= 0.6 is 0 Å². The van der Waals surface area contributed by atoms with E-state index in [2.05, 4.69) is 175 Å². The van der Waals surface area contributed by atoms with Crippen LogP contribution in [0.1, 0.15) is 11.3 Å². The molecule has 0 aliphatic carbocycles. The highest BCUT2D eigenvalue weighted by molar-refractivity contribution is 6.21. The highest BCUT2D eigenvalue weighted by atomic mass is 15.0. The molecule has 2 aromatic heterocycles. The third-order valence-electron chi connectivity index (χ3n) is 10.0. The van der Waals surface area contributed by atoms with Crippen molar-refractivity contribution < 1.29 is 0 Å². The lowest BCUT2D eigenvalue weighted by molar-refractivity contribution is 1.10. The molecule has 0 unspecified atom stereocenters. The Morgan fingerprint density at radius 1 is 0.471 bits per heavy atom. The summed E-state index contributed by atoms with van der Waals surface area (Å²) in [5.41, 5.74) is 19.4. The van der Waals surface area contributed by atoms with Gasteiger partial charge < -0.3 is 10.3 Å². The lowest BCUT2D eigenvalue weighted by Crippen LogP contribution is -1.97. The van der Waals surface area contributed by atoms with Gasteiger partial charge in [0.05, 0.1) is 22.6 Å². The minimum Gasteiger partial charge on any atom is -0.405 e. The van der Waals surface area contributed by atoms with E-state index in [1.807, 2.05) is 12.1 Å². The molecule has 3 nitrogen and oxygen atoms in total. The molecule has 2 heterocycles. The maximum absolute atomic E-state index is 5.93. The first-order chi connectivity index (χ1) is 25.2. The number of pyridine rings is 1. The third kappa shape index (κ3) is 5.19. The van der Waals surface area contributed by atoms with Crippen LogP contribution in [0.15, 0.2) is 176 Å². The fraction of sp³-hybridized carbons (Fsp3) is 0.0208. The van der Waals surface area contributed by atoms with Crippen LogP contribution in [0.25, 0.3) is 89.0 Å². The molecule has 242 valence electrons. The number of para-hydroxylation sites is 1. The second kappa shape index (κ2) is 12.6. The Morgan fingerprint density at radius 2 is 0.980 bits per heavy atom. The number of rotatable bonds is 6. The number of aryl methyl sites for hydroxylation is 1. The monoisotopic (exact) mass is 653 g/mol. The highest BCUT2D eigenvalue weighted by Gasteiger charge is 2.19. The first-order valence-corrected chi connectivity index (χ1v) is 17.4. The average Bonchev–Trinajstić information content (AvgIpc) is 3.47. The van der Waals surface area contributed by atoms with E-state index in [4.69, 9.17) is 10.7 Å². The zero-order chi connectivity index (χ0) is 34.3. The first kappa shape index (κ1) is 30.4. The largest absolute Gasteiger partial charge is 0.405 e. The van der Waals surface area contributed by atoms with E-state index in [0.717, 1.165) is 39.4 Å². The molecular weight excluding hydrogens is 619 g/mol. The van der Waals surface area contributed by atoms with Gasteiger partial charge in [0, 0.05) is 22.2 Å². The molecule has 0 saturated carbocycles. The smallest absolute Gasteiger partial charge is 0.0709 e. The SMILES string of the molecule is Cc1c(/C=C\N)n(-c2ccccc2)c2ccc(-c3cccc(-c4ccc5c(-c6ccccc6)c6ccccc6c(-c6ccccc6)c5c4)n3)cc12. The zero-order valence-corrected chi connectivity index (χ0v) is 28.3.